The molecule has 0 spiro atoms. The summed E-state index contributed by atoms with van der Waals surface area (Å²) in [4.78, 5) is 2.41. The SMILES string of the molecule is Clc1ccc(-n2nnnc2[C@H](c2ccccc2)N(Cc2ccccc2)Cc2ccccc2)cc1. The molecule has 1 heterocycles. The molecule has 0 unspecified atom stereocenters. The van der Waals surface area contributed by atoms with E-state index in [1.54, 1.807) is 4.68 Å². The molecule has 0 saturated carbocycles. The lowest BCUT2D eigenvalue weighted by molar-refractivity contribution is 0.197. The number of halogens is 1. The minimum Gasteiger partial charge on any atom is -0.281 e. The van der Waals surface area contributed by atoms with Gasteiger partial charge in [-0.05, 0) is 51.4 Å². The van der Waals surface area contributed by atoms with Crippen molar-refractivity contribution in [2.75, 3.05) is 0 Å². The molecule has 0 aliphatic heterocycles. The maximum absolute atomic E-state index is 6.13. The summed E-state index contributed by atoms with van der Waals surface area (Å²) < 4.78 is 1.80. The van der Waals surface area contributed by atoms with Crippen molar-refractivity contribution in [3.8, 4) is 5.69 Å². The van der Waals surface area contributed by atoms with Crippen molar-refractivity contribution >= 4 is 11.6 Å². The summed E-state index contributed by atoms with van der Waals surface area (Å²) in [6.07, 6.45) is 0. The maximum Gasteiger partial charge on any atom is 0.178 e. The maximum atomic E-state index is 6.13. The third kappa shape index (κ3) is 5.06. The predicted molar refractivity (Wildman–Crippen MR) is 135 cm³/mol. The van der Waals surface area contributed by atoms with Crippen molar-refractivity contribution in [2.24, 2.45) is 0 Å². The zero-order chi connectivity index (χ0) is 23.2. The van der Waals surface area contributed by atoms with Gasteiger partial charge in [-0.25, -0.2) is 0 Å². The molecule has 5 aromatic rings. The van der Waals surface area contributed by atoms with Gasteiger partial charge >= 0.3 is 0 Å². The Kier molecular flexibility index (Phi) is 6.75. The van der Waals surface area contributed by atoms with Gasteiger partial charge in [-0.2, -0.15) is 4.68 Å². The van der Waals surface area contributed by atoms with Gasteiger partial charge in [0.1, 0.15) is 0 Å². The fourth-order valence-electron chi connectivity index (χ4n) is 4.16. The average Bonchev–Trinajstić information content (AvgIpc) is 3.36. The van der Waals surface area contributed by atoms with Crippen molar-refractivity contribution < 1.29 is 0 Å². The van der Waals surface area contributed by atoms with Crippen LogP contribution >= 0.6 is 11.6 Å². The van der Waals surface area contributed by atoms with E-state index in [4.69, 9.17) is 11.6 Å². The Bertz CT molecular complexity index is 1260. The van der Waals surface area contributed by atoms with Gasteiger partial charge in [0.05, 0.1) is 11.7 Å². The van der Waals surface area contributed by atoms with E-state index in [0.717, 1.165) is 30.2 Å². The molecular weight excluding hydrogens is 442 g/mol. The number of benzene rings is 4. The average molecular weight is 466 g/mol. The van der Waals surface area contributed by atoms with E-state index >= 15 is 0 Å². The van der Waals surface area contributed by atoms with Crippen LogP contribution in [0.1, 0.15) is 28.6 Å². The van der Waals surface area contributed by atoms with E-state index in [2.05, 4.69) is 93.2 Å². The lowest BCUT2D eigenvalue weighted by Crippen LogP contribution is -2.31. The molecule has 0 aliphatic rings. The minimum absolute atomic E-state index is 0.174. The summed E-state index contributed by atoms with van der Waals surface area (Å²) in [5.41, 5.74) is 4.44. The fraction of sp³-hybridized carbons (Fsp3) is 0.107. The Morgan fingerprint density at radius 3 is 1.76 bits per heavy atom. The number of nitrogens with zero attached hydrogens (tertiary/aromatic N) is 5. The van der Waals surface area contributed by atoms with Crippen LogP contribution in [-0.4, -0.2) is 25.1 Å². The van der Waals surface area contributed by atoms with Gasteiger partial charge in [0, 0.05) is 18.1 Å². The summed E-state index contributed by atoms with van der Waals surface area (Å²) in [5, 5.41) is 13.6. The molecule has 0 radical (unpaired) electrons. The van der Waals surface area contributed by atoms with Crippen LogP contribution in [0.5, 0.6) is 0 Å². The lowest BCUT2D eigenvalue weighted by Gasteiger charge is -2.31. The Morgan fingerprint density at radius 1 is 0.676 bits per heavy atom. The Labute approximate surface area is 204 Å². The van der Waals surface area contributed by atoms with E-state index in [1.807, 2.05) is 42.5 Å². The lowest BCUT2D eigenvalue weighted by atomic mass is 10.0. The molecular formula is C28H24ClN5. The molecule has 1 atom stereocenters. The molecule has 0 N–H and O–H groups in total. The molecule has 4 aromatic carbocycles. The molecule has 0 saturated heterocycles. The van der Waals surface area contributed by atoms with Gasteiger partial charge in [-0.15, -0.1) is 5.10 Å². The first kappa shape index (κ1) is 22.0. The van der Waals surface area contributed by atoms with Gasteiger partial charge in [0.15, 0.2) is 5.82 Å². The van der Waals surface area contributed by atoms with E-state index < -0.39 is 0 Å². The van der Waals surface area contributed by atoms with Crippen molar-refractivity contribution in [1.82, 2.24) is 25.1 Å². The van der Waals surface area contributed by atoms with E-state index in [9.17, 15) is 0 Å². The Hall–Kier alpha value is -3.80. The second kappa shape index (κ2) is 10.4. The molecule has 5 nitrogen and oxygen atoms in total. The highest BCUT2D eigenvalue weighted by Gasteiger charge is 2.29. The summed E-state index contributed by atoms with van der Waals surface area (Å²) in [5.74, 6) is 0.750. The van der Waals surface area contributed by atoms with Crippen LogP contribution in [0.2, 0.25) is 5.02 Å². The van der Waals surface area contributed by atoms with Crippen LogP contribution in [0.25, 0.3) is 5.69 Å². The van der Waals surface area contributed by atoms with Gasteiger partial charge in [-0.3, -0.25) is 4.90 Å². The van der Waals surface area contributed by atoms with Gasteiger partial charge in [0.25, 0.3) is 0 Å². The molecule has 0 aliphatic carbocycles. The van der Waals surface area contributed by atoms with Crippen molar-refractivity contribution in [3.63, 3.8) is 0 Å². The van der Waals surface area contributed by atoms with Crippen molar-refractivity contribution in [2.45, 2.75) is 19.1 Å². The smallest absolute Gasteiger partial charge is 0.178 e. The summed E-state index contributed by atoms with van der Waals surface area (Å²) in [7, 11) is 0. The van der Waals surface area contributed by atoms with Gasteiger partial charge in [0.2, 0.25) is 0 Å². The summed E-state index contributed by atoms with van der Waals surface area (Å²) >= 11 is 6.13. The number of hydrogen-bond acceptors (Lipinski definition) is 4. The summed E-state index contributed by atoms with van der Waals surface area (Å²) in [6, 6.07) is 38.8. The molecule has 168 valence electrons. The number of hydrogen-bond donors (Lipinski definition) is 0. The van der Waals surface area contributed by atoms with E-state index in [1.165, 1.54) is 11.1 Å². The third-order valence-electron chi connectivity index (χ3n) is 5.75. The minimum atomic E-state index is -0.174. The van der Waals surface area contributed by atoms with E-state index in [-0.39, 0.29) is 6.04 Å². The standard InChI is InChI=1S/C28H24ClN5/c29-25-16-18-26(19-17-25)34-28(30-31-32-34)27(24-14-8-3-9-15-24)33(20-22-10-4-1-5-11-22)21-23-12-6-2-7-13-23/h1-19,27H,20-21H2/t27-/m0/s1. The molecule has 5 rings (SSSR count). The number of rotatable bonds is 8. The molecule has 0 bridgehead atoms. The van der Waals surface area contributed by atoms with Crippen LogP contribution in [-0.2, 0) is 13.1 Å². The van der Waals surface area contributed by atoms with Crippen LogP contribution in [0, 0.1) is 0 Å². The van der Waals surface area contributed by atoms with Crippen molar-refractivity contribution in [3.05, 3.63) is 143 Å². The monoisotopic (exact) mass is 465 g/mol. The topological polar surface area (TPSA) is 46.8 Å². The van der Waals surface area contributed by atoms with Crippen LogP contribution in [0.4, 0.5) is 0 Å². The largest absolute Gasteiger partial charge is 0.281 e. The number of aromatic nitrogens is 4. The first-order chi connectivity index (χ1) is 16.8. The quantitative estimate of drug-likeness (QED) is 0.277. The van der Waals surface area contributed by atoms with Gasteiger partial charge < -0.3 is 0 Å². The zero-order valence-electron chi connectivity index (χ0n) is 18.6. The first-order valence-corrected chi connectivity index (χ1v) is 11.6. The molecule has 0 amide bonds. The van der Waals surface area contributed by atoms with Crippen LogP contribution in [0.3, 0.4) is 0 Å². The first-order valence-electron chi connectivity index (χ1n) is 11.2. The molecule has 34 heavy (non-hydrogen) atoms. The van der Waals surface area contributed by atoms with E-state index in [0.29, 0.717) is 5.02 Å². The Balaban J connectivity index is 1.62. The fourth-order valence-corrected chi connectivity index (χ4v) is 4.29. The van der Waals surface area contributed by atoms with Crippen molar-refractivity contribution in [1.29, 1.82) is 0 Å². The predicted octanol–water partition coefficient (Wildman–Crippen LogP) is 6.11. The zero-order valence-corrected chi connectivity index (χ0v) is 19.3. The Morgan fingerprint density at radius 2 is 1.21 bits per heavy atom. The number of tetrazole rings is 1. The highest BCUT2D eigenvalue weighted by Crippen LogP contribution is 2.31. The molecule has 1 aromatic heterocycles. The second-order valence-electron chi connectivity index (χ2n) is 8.11. The van der Waals surface area contributed by atoms with Crippen LogP contribution < -0.4 is 0 Å². The molecule has 0 fully saturated rings. The highest BCUT2D eigenvalue weighted by atomic mass is 35.5. The van der Waals surface area contributed by atoms with Gasteiger partial charge in [-0.1, -0.05) is 103 Å². The second-order valence-corrected chi connectivity index (χ2v) is 8.55. The molecule has 6 heteroatoms. The highest BCUT2D eigenvalue weighted by molar-refractivity contribution is 6.30. The third-order valence-corrected chi connectivity index (χ3v) is 6.00. The van der Waals surface area contributed by atoms with Crippen LogP contribution in [0.15, 0.2) is 115 Å². The normalized spacial score (nSPS) is 12.1. The summed E-state index contributed by atoms with van der Waals surface area (Å²) in [6.45, 7) is 1.48.